The molecule has 19 heavy (non-hydrogen) atoms. The molecule has 0 bridgehead atoms. The van der Waals surface area contributed by atoms with Crippen LogP contribution in [0.5, 0.6) is 0 Å². The van der Waals surface area contributed by atoms with Crippen LogP contribution in [0.2, 0.25) is 0 Å². The largest absolute Gasteiger partial charge is 0.395 e. The molecule has 2 aliphatic heterocycles. The summed E-state index contributed by atoms with van der Waals surface area (Å²) in [6.45, 7) is 6.77. The molecular weight excluding hydrogens is 242 g/mol. The summed E-state index contributed by atoms with van der Waals surface area (Å²) < 4.78 is 10.8. The van der Waals surface area contributed by atoms with Crippen LogP contribution in [0.4, 0.5) is 17.1 Å². The topological polar surface area (TPSA) is 51.0 Å². The maximum Gasteiger partial charge on any atom is 0.0789 e. The zero-order valence-corrected chi connectivity index (χ0v) is 11.2. The molecule has 5 heteroatoms. The molecule has 3 rings (SSSR count). The molecule has 1 aromatic carbocycles. The van der Waals surface area contributed by atoms with E-state index < -0.39 is 0 Å². The zero-order valence-electron chi connectivity index (χ0n) is 11.2. The van der Waals surface area contributed by atoms with Crippen LogP contribution in [0.1, 0.15) is 0 Å². The monoisotopic (exact) mass is 263 g/mol. The van der Waals surface area contributed by atoms with Crippen LogP contribution in [-0.2, 0) is 9.47 Å². The molecular formula is C14H21N3O2. The number of morpholine rings is 2. The van der Waals surface area contributed by atoms with Crippen molar-refractivity contribution in [2.75, 3.05) is 68.1 Å². The SMILES string of the molecule is Nc1c(N2CCOCC2)cccc1N1CCOCC1. The smallest absolute Gasteiger partial charge is 0.0789 e. The number of para-hydroxylation sites is 1. The fourth-order valence-corrected chi connectivity index (χ4v) is 2.70. The van der Waals surface area contributed by atoms with Crippen molar-refractivity contribution in [1.82, 2.24) is 0 Å². The highest BCUT2D eigenvalue weighted by Crippen LogP contribution is 2.33. The third-order valence-electron chi connectivity index (χ3n) is 3.76. The Labute approximate surface area is 113 Å². The fourth-order valence-electron chi connectivity index (χ4n) is 2.70. The van der Waals surface area contributed by atoms with Crippen molar-refractivity contribution >= 4 is 17.1 Å². The quantitative estimate of drug-likeness (QED) is 0.805. The molecule has 2 fully saturated rings. The van der Waals surface area contributed by atoms with E-state index in [0.29, 0.717) is 0 Å². The van der Waals surface area contributed by atoms with E-state index in [1.807, 2.05) is 0 Å². The Morgan fingerprint density at radius 3 is 1.63 bits per heavy atom. The van der Waals surface area contributed by atoms with Gasteiger partial charge in [0.2, 0.25) is 0 Å². The molecule has 5 nitrogen and oxygen atoms in total. The van der Waals surface area contributed by atoms with Gasteiger partial charge in [-0.15, -0.1) is 0 Å². The Kier molecular flexibility index (Phi) is 3.75. The van der Waals surface area contributed by atoms with Crippen molar-refractivity contribution < 1.29 is 9.47 Å². The van der Waals surface area contributed by atoms with Gasteiger partial charge >= 0.3 is 0 Å². The van der Waals surface area contributed by atoms with Crippen LogP contribution >= 0.6 is 0 Å². The number of hydrogen-bond acceptors (Lipinski definition) is 5. The van der Waals surface area contributed by atoms with Gasteiger partial charge in [0.05, 0.1) is 43.5 Å². The van der Waals surface area contributed by atoms with Crippen molar-refractivity contribution in [3.8, 4) is 0 Å². The third-order valence-corrected chi connectivity index (χ3v) is 3.76. The fraction of sp³-hybridized carbons (Fsp3) is 0.571. The molecule has 104 valence electrons. The Balaban J connectivity index is 1.84. The molecule has 0 radical (unpaired) electrons. The van der Waals surface area contributed by atoms with E-state index in [4.69, 9.17) is 15.2 Å². The molecule has 2 N–H and O–H groups in total. The lowest BCUT2D eigenvalue weighted by molar-refractivity contribution is 0.122. The van der Waals surface area contributed by atoms with Crippen LogP contribution < -0.4 is 15.5 Å². The first-order valence-electron chi connectivity index (χ1n) is 6.90. The summed E-state index contributed by atoms with van der Waals surface area (Å²) in [7, 11) is 0. The summed E-state index contributed by atoms with van der Waals surface area (Å²) in [4.78, 5) is 4.62. The first kappa shape index (κ1) is 12.6. The Morgan fingerprint density at radius 2 is 1.21 bits per heavy atom. The molecule has 0 saturated carbocycles. The number of nitrogens with two attached hydrogens (primary N) is 1. The van der Waals surface area contributed by atoms with Crippen molar-refractivity contribution in [3.05, 3.63) is 18.2 Å². The van der Waals surface area contributed by atoms with Crippen LogP contribution in [0.25, 0.3) is 0 Å². The van der Waals surface area contributed by atoms with Gasteiger partial charge in [-0.2, -0.15) is 0 Å². The summed E-state index contributed by atoms with van der Waals surface area (Å²) in [5.41, 5.74) is 9.52. The number of nitrogens with zero attached hydrogens (tertiary/aromatic N) is 2. The van der Waals surface area contributed by atoms with E-state index in [2.05, 4.69) is 28.0 Å². The summed E-state index contributed by atoms with van der Waals surface area (Å²) >= 11 is 0. The molecule has 0 aliphatic carbocycles. The Bertz CT molecular complexity index is 390. The van der Waals surface area contributed by atoms with Crippen molar-refractivity contribution in [2.24, 2.45) is 0 Å². The molecule has 2 heterocycles. The van der Waals surface area contributed by atoms with Gasteiger partial charge in [0.1, 0.15) is 0 Å². The minimum Gasteiger partial charge on any atom is -0.395 e. The average molecular weight is 263 g/mol. The second-order valence-electron chi connectivity index (χ2n) is 4.91. The van der Waals surface area contributed by atoms with E-state index in [-0.39, 0.29) is 0 Å². The maximum absolute atomic E-state index is 6.38. The van der Waals surface area contributed by atoms with E-state index in [9.17, 15) is 0 Å². The molecule has 0 amide bonds. The molecule has 1 aromatic rings. The van der Waals surface area contributed by atoms with E-state index in [0.717, 1.165) is 69.7 Å². The van der Waals surface area contributed by atoms with Crippen molar-refractivity contribution in [2.45, 2.75) is 0 Å². The highest BCUT2D eigenvalue weighted by Gasteiger charge is 2.19. The highest BCUT2D eigenvalue weighted by atomic mass is 16.5. The Hall–Kier alpha value is -1.46. The van der Waals surface area contributed by atoms with Gasteiger partial charge in [0.15, 0.2) is 0 Å². The maximum atomic E-state index is 6.38. The molecule has 0 unspecified atom stereocenters. The van der Waals surface area contributed by atoms with Gasteiger partial charge in [0.25, 0.3) is 0 Å². The van der Waals surface area contributed by atoms with Crippen LogP contribution in [0.15, 0.2) is 18.2 Å². The standard InChI is InChI=1S/C14H21N3O2/c15-14-12(16-4-8-18-9-5-16)2-1-3-13(14)17-6-10-19-11-7-17/h1-3H,4-11,15H2. The number of anilines is 3. The summed E-state index contributed by atoms with van der Waals surface area (Å²) in [5.74, 6) is 0. The lowest BCUT2D eigenvalue weighted by Gasteiger charge is -2.34. The number of ether oxygens (including phenoxy) is 2. The molecule has 0 spiro atoms. The molecule has 0 aromatic heterocycles. The van der Waals surface area contributed by atoms with Gasteiger partial charge in [-0.1, -0.05) is 6.07 Å². The third kappa shape index (κ3) is 2.62. The van der Waals surface area contributed by atoms with Crippen LogP contribution in [-0.4, -0.2) is 52.6 Å². The summed E-state index contributed by atoms with van der Waals surface area (Å²) in [6, 6.07) is 6.29. The van der Waals surface area contributed by atoms with Gasteiger partial charge in [-0.3, -0.25) is 0 Å². The highest BCUT2D eigenvalue weighted by molar-refractivity contribution is 5.82. The van der Waals surface area contributed by atoms with E-state index >= 15 is 0 Å². The second-order valence-corrected chi connectivity index (χ2v) is 4.91. The van der Waals surface area contributed by atoms with E-state index in [1.54, 1.807) is 0 Å². The molecule has 2 saturated heterocycles. The first-order valence-corrected chi connectivity index (χ1v) is 6.90. The molecule has 2 aliphatic rings. The predicted molar refractivity (Wildman–Crippen MR) is 76.9 cm³/mol. The lowest BCUT2D eigenvalue weighted by Crippen LogP contribution is -2.38. The Morgan fingerprint density at radius 1 is 0.789 bits per heavy atom. The average Bonchev–Trinajstić information content (AvgIpc) is 2.49. The lowest BCUT2D eigenvalue weighted by atomic mass is 10.1. The number of nitrogen functional groups attached to an aromatic ring is 1. The van der Waals surface area contributed by atoms with Crippen molar-refractivity contribution in [1.29, 1.82) is 0 Å². The minimum absolute atomic E-state index is 0.779. The summed E-state index contributed by atoms with van der Waals surface area (Å²) in [5, 5.41) is 0. The first-order chi connectivity index (χ1) is 9.36. The van der Waals surface area contributed by atoms with Gasteiger partial charge in [-0.05, 0) is 12.1 Å². The molecule has 0 atom stereocenters. The van der Waals surface area contributed by atoms with Gasteiger partial charge in [-0.25, -0.2) is 0 Å². The summed E-state index contributed by atoms with van der Waals surface area (Å²) in [6.07, 6.45) is 0. The number of rotatable bonds is 2. The van der Waals surface area contributed by atoms with Crippen LogP contribution in [0.3, 0.4) is 0 Å². The predicted octanol–water partition coefficient (Wildman–Crippen LogP) is 0.942. The minimum atomic E-state index is 0.779. The van der Waals surface area contributed by atoms with Crippen molar-refractivity contribution in [3.63, 3.8) is 0 Å². The van der Waals surface area contributed by atoms with Crippen LogP contribution in [0, 0.1) is 0 Å². The number of hydrogen-bond donors (Lipinski definition) is 1. The number of benzene rings is 1. The van der Waals surface area contributed by atoms with Gasteiger partial charge < -0.3 is 25.0 Å². The normalized spacial score (nSPS) is 20.6. The van der Waals surface area contributed by atoms with Gasteiger partial charge in [0, 0.05) is 26.2 Å². The zero-order chi connectivity index (χ0) is 13.1. The second kappa shape index (κ2) is 5.67. The van der Waals surface area contributed by atoms with E-state index in [1.165, 1.54) is 0 Å².